The lowest BCUT2D eigenvalue weighted by Gasteiger charge is -2.16. The lowest BCUT2D eigenvalue weighted by atomic mass is 9.98. The fourth-order valence-corrected chi connectivity index (χ4v) is 2.69. The molecule has 0 amide bonds. The Morgan fingerprint density at radius 2 is 1.75 bits per heavy atom. The molecule has 2 rings (SSSR count). The van der Waals surface area contributed by atoms with E-state index in [2.05, 4.69) is 32.0 Å². The van der Waals surface area contributed by atoms with E-state index < -0.39 is 0 Å². The predicted molar refractivity (Wildman–Crippen MR) is 85.8 cm³/mol. The highest BCUT2D eigenvalue weighted by molar-refractivity contribution is 6.22. The molecule has 1 unspecified atom stereocenters. The van der Waals surface area contributed by atoms with Crippen molar-refractivity contribution in [3.63, 3.8) is 0 Å². The van der Waals surface area contributed by atoms with Gasteiger partial charge in [0.2, 0.25) is 0 Å². The van der Waals surface area contributed by atoms with Crippen molar-refractivity contribution < 1.29 is 4.74 Å². The minimum absolute atomic E-state index is 0.147. The van der Waals surface area contributed by atoms with Gasteiger partial charge in [0.1, 0.15) is 5.75 Å². The second-order valence-electron chi connectivity index (χ2n) is 5.46. The first kappa shape index (κ1) is 14.9. The molecule has 0 aromatic heterocycles. The molecule has 2 aromatic rings. The van der Waals surface area contributed by atoms with Crippen LogP contribution in [-0.2, 0) is 0 Å². The molecule has 0 saturated carbocycles. The van der Waals surface area contributed by atoms with Crippen molar-refractivity contribution in [1.82, 2.24) is 0 Å². The van der Waals surface area contributed by atoms with E-state index in [4.69, 9.17) is 16.3 Å². The molecule has 0 heterocycles. The van der Waals surface area contributed by atoms with Crippen LogP contribution in [0.15, 0.2) is 42.5 Å². The van der Waals surface area contributed by atoms with Gasteiger partial charge in [0, 0.05) is 0 Å². The van der Waals surface area contributed by atoms with Crippen molar-refractivity contribution >= 4 is 11.6 Å². The fourth-order valence-electron chi connectivity index (χ4n) is 2.31. The van der Waals surface area contributed by atoms with E-state index in [0.29, 0.717) is 0 Å². The van der Waals surface area contributed by atoms with Crippen molar-refractivity contribution in [3.05, 3.63) is 64.7 Å². The van der Waals surface area contributed by atoms with E-state index in [-0.39, 0.29) is 11.5 Å². The number of halogens is 1. The predicted octanol–water partition coefficient (Wildman–Crippen LogP) is 5.42. The zero-order chi connectivity index (χ0) is 14.7. The van der Waals surface area contributed by atoms with Gasteiger partial charge in [-0.1, -0.05) is 35.9 Å². The highest BCUT2D eigenvalue weighted by atomic mass is 35.5. The van der Waals surface area contributed by atoms with Crippen LogP contribution in [0.25, 0.3) is 0 Å². The highest BCUT2D eigenvalue weighted by Crippen LogP contribution is 2.33. The van der Waals surface area contributed by atoms with Gasteiger partial charge in [-0.15, -0.1) is 11.6 Å². The Bertz CT molecular complexity index is 590. The van der Waals surface area contributed by atoms with E-state index in [1.54, 1.807) is 0 Å². The Labute approximate surface area is 126 Å². The summed E-state index contributed by atoms with van der Waals surface area (Å²) in [7, 11) is 0. The van der Waals surface area contributed by atoms with E-state index in [0.717, 1.165) is 16.9 Å². The van der Waals surface area contributed by atoms with Crippen molar-refractivity contribution in [1.29, 1.82) is 0 Å². The Hall–Kier alpha value is -1.47. The monoisotopic (exact) mass is 288 g/mol. The molecule has 106 valence electrons. The summed E-state index contributed by atoms with van der Waals surface area (Å²) in [6.07, 6.45) is 0.167. The third-order valence-electron chi connectivity index (χ3n) is 3.22. The molecule has 0 fully saturated rings. The molecule has 0 aliphatic heterocycles. The van der Waals surface area contributed by atoms with Gasteiger partial charge in [-0.3, -0.25) is 0 Å². The fraction of sp³-hybridized carbons (Fsp3) is 0.333. The molecular formula is C18H21ClO. The molecule has 20 heavy (non-hydrogen) atoms. The Morgan fingerprint density at radius 1 is 1.00 bits per heavy atom. The average molecular weight is 289 g/mol. The second-order valence-corrected chi connectivity index (χ2v) is 5.90. The summed E-state index contributed by atoms with van der Waals surface area (Å²) in [5, 5.41) is -0.147. The molecule has 1 nitrogen and oxygen atoms in total. The number of benzene rings is 2. The summed E-state index contributed by atoms with van der Waals surface area (Å²) in [5.41, 5.74) is 4.70. The van der Waals surface area contributed by atoms with Crippen LogP contribution >= 0.6 is 11.6 Å². The normalized spacial score (nSPS) is 12.5. The molecule has 0 saturated heterocycles. The maximum Gasteiger partial charge on any atom is 0.120 e. The van der Waals surface area contributed by atoms with Crippen molar-refractivity contribution in [2.75, 3.05) is 0 Å². The van der Waals surface area contributed by atoms with Gasteiger partial charge in [-0.25, -0.2) is 0 Å². The summed E-state index contributed by atoms with van der Waals surface area (Å²) in [6.45, 7) is 8.24. The Kier molecular flexibility index (Phi) is 4.72. The minimum atomic E-state index is -0.147. The Balaban J connectivity index is 2.30. The number of hydrogen-bond donors (Lipinski definition) is 0. The van der Waals surface area contributed by atoms with Crippen molar-refractivity contribution in [2.24, 2.45) is 0 Å². The van der Waals surface area contributed by atoms with Gasteiger partial charge in [-0.05, 0) is 56.5 Å². The van der Waals surface area contributed by atoms with Gasteiger partial charge in [0.05, 0.1) is 11.5 Å². The van der Waals surface area contributed by atoms with Crippen LogP contribution in [0.1, 0.15) is 41.5 Å². The molecule has 0 bridgehead atoms. The Morgan fingerprint density at radius 3 is 2.40 bits per heavy atom. The lowest BCUT2D eigenvalue weighted by Crippen LogP contribution is -2.06. The lowest BCUT2D eigenvalue weighted by molar-refractivity contribution is 0.242. The third-order valence-corrected chi connectivity index (χ3v) is 3.71. The molecular weight excluding hydrogens is 268 g/mol. The van der Waals surface area contributed by atoms with Crippen LogP contribution in [0.5, 0.6) is 5.75 Å². The van der Waals surface area contributed by atoms with Gasteiger partial charge >= 0.3 is 0 Å². The quantitative estimate of drug-likeness (QED) is 0.683. The second kappa shape index (κ2) is 6.32. The first-order valence-corrected chi connectivity index (χ1v) is 7.39. The van der Waals surface area contributed by atoms with Crippen LogP contribution in [0.2, 0.25) is 0 Å². The van der Waals surface area contributed by atoms with Crippen LogP contribution in [0, 0.1) is 13.8 Å². The molecule has 0 radical (unpaired) electrons. The smallest absolute Gasteiger partial charge is 0.120 e. The average Bonchev–Trinajstić information content (AvgIpc) is 2.37. The molecule has 0 aliphatic rings. The summed E-state index contributed by atoms with van der Waals surface area (Å²) in [6, 6.07) is 14.4. The molecule has 0 N–H and O–H groups in total. The van der Waals surface area contributed by atoms with E-state index >= 15 is 0 Å². The molecule has 1 atom stereocenters. The molecule has 0 spiro atoms. The standard InChI is InChI=1S/C18H21ClO/c1-12(2)20-16-7-5-6-15(11-16)18(19)17-9-8-13(3)10-14(17)4/h5-12,18H,1-4H3. The molecule has 0 aliphatic carbocycles. The largest absolute Gasteiger partial charge is 0.491 e. The van der Waals surface area contributed by atoms with Gasteiger partial charge < -0.3 is 4.74 Å². The zero-order valence-electron chi connectivity index (χ0n) is 12.5. The van der Waals surface area contributed by atoms with Gasteiger partial charge in [0.25, 0.3) is 0 Å². The van der Waals surface area contributed by atoms with Crippen LogP contribution in [0.3, 0.4) is 0 Å². The van der Waals surface area contributed by atoms with E-state index in [9.17, 15) is 0 Å². The molecule has 2 aromatic carbocycles. The van der Waals surface area contributed by atoms with Gasteiger partial charge in [-0.2, -0.15) is 0 Å². The number of rotatable bonds is 4. The first-order chi connectivity index (χ1) is 9.47. The number of alkyl halides is 1. The number of hydrogen-bond acceptors (Lipinski definition) is 1. The van der Waals surface area contributed by atoms with Crippen molar-refractivity contribution in [3.8, 4) is 5.75 Å². The maximum absolute atomic E-state index is 6.64. The minimum Gasteiger partial charge on any atom is -0.491 e. The SMILES string of the molecule is Cc1ccc(C(Cl)c2cccc(OC(C)C)c2)c(C)c1. The van der Waals surface area contributed by atoms with Crippen molar-refractivity contribution in [2.45, 2.75) is 39.2 Å². The van der Waals surface area contributed by atoms with E-state index in [1.165, 1.54) is 11.1 Å². The summed E-state index contributed by atoms with van der Waals surface area (Å²) < 4.78 is 5.73. The molecule has 2 heteroatoms. The highest BCUT2D eigenvalue weighted by Gasteiger charge is 2.14. The maximum atomic E-state index is 6.64. The third kappa shape index (κ3) is 3.55. The number of aryl methyl sites for hydroxylation is 2. The number of ether oxygens (including phenoxy) is 1. The van der Waals surface area contributed by atoms with Crippen LogP contribution in [-0.4, -0.2) is 6.10 Å². The zero-order valence-corrected chi connectivity index (χ0v) is 13.2. The first-order valence-electron chi connectivity index (χ1n) is 6.95. The van der Waals surface area contributed by atoms with Crippen LogP contribution < -0.4 is 4.74 Å². The van der Waals surface area contributed by atoms with Gasteiger partial charge in [0.15, 0.2) is 0 Å². The summed E-state index contributed by atoms with van der Waals surface area (Å²) in [5.74, 6) is 0.868. The van der Waals surface area contributed by atoms with E-state index in [1.807, 2.05) is 38.1 Å². The summed E-state index contributed by atoms with van der Waals surface area (Å²) >= 11 is 6.64. The summed E-state index contributed by atoms with van der Waals surface area (Å²) in [4.78, 5) is 0. The van der Waals surface area contributed by atoms with Crippen LogP contribution in [0.4, 0.5) is 0 Å². The topological polar surface area (TPSA) is 9.23 Å².